The normalized spacial score (nSPS) is 12.2. The smallest absolute Gasteiger partial charge is 0.224 e. The number of halogens is 1. The van der Waals surface area contributed by atoms with E-state index in [-0.39, 0.29) is 24.2 Å². The Kier molecular flexibility index (Phi) is 5.67. The first-order chi connectivity index (χ1) is 10.6. The Morgan fingerprint density at radius 1 is 1.09 bits per heavy atom. The molecule has 1 N–H and O–H groups in total. The summed E-state index contributed by atoms with van der Waals surface area (Å²) in [6.07, 6.45) is 0.0572. The van der Waals surface area contributed by atoms with E-state index >= 15 is 0 Å². The van der Waals surface area contributed by atoms with Gasteiger partial charge in [0.25, 0.3) is 0 Å². The van der Waals surface area contributed by atoms with Crippen molar-refractivity contribution in [2.75, 3.05) is 20.6 Å². The van der Waals surface area contributed by atoms with Crippen molar-refractivity contribution in [3.63, 3.8) is 0 Å². The highest BCUT2D eigenvalue weighted by Gasteiger charge is 2.15. The van der Waals surface area contributed by atoms with Crippen molar-refractivity contribution < 1.29 is 9.18 Å². The van der Waals surface area contributed by atoms with Crippen LogP contribution in [-0.2, 0) is 11.2 Å². The number of benzene rings is 2. The molecule has 22 heavy (non-hydrogen) atoms. The maximum Gasteiger partial charge on any atom is 0.224 e. The molecule has 2 aromatic rings. The van der Waals surface area contributed by atoms with Gasteiger partial charge in [0.2, 0.25) is 5.91 Å². The van der Waals surface area contributed by atoms with Gasteiger partial charge in [0.15, 0.2) is 0 Å². The van der Waals surface area contributed by atoms with Crippen molar-refractivity contribution in [2.45, 2.75) is 12.5 Å². The number of carbonyl (C=O) groups excluding carboxylic acids is 1. The summed E-state index contributed by atoms with van der Waals surface area (Å²) >= 11 is 0. The van der Waals surface area contributed by atoms with E-state index < -0.39 is 0 Å². The molecule has 0 unspecified atom stereocenters. The maximum absolute atomic E-state index is 13.6. The predicted molar refractivity (Wildman–Crippen MR) is 86.0 cm³/mol. The fraction of sp³-hybridized carbons (Fsp3) is 0.278. The largest absolute Gasteiger partial charge is 0.354 e. The van der Waals surface area contributed by atoms with Crippen LogP contribution in [0.5, 0.6) is 0 Å². The first-order valence-electron chi connectivity index (χ1n) is 7.29. The van der Waals surface area contributed by atoms with Crippen LogP contribution in [0.25, 0.3) is 0 Å². The second-order valence-corrected chi connectivity index (χ2v) is 5.46. The molecule has 0 aliphatic heterocycles. The quantitative estimate of drug-likeness (QED) is 0.889. The average Bonchev–Trinajstić information content (AvgIpc) is 2.50. The van der Waals surface area contributed by atoms with Gasteiger partial charge in [0, 0.05) is 6.54 Å². The first-order valence-corrected chi connectivity index (χ1v) is 7.29. The van der Waals surface area contributed by atoms with Gasteiger partial charge in [-0.1, -0.05) is 48.5 Å². The Bertz CT molecular complexity index is 613. The molecule has 0 saturated carbocycles. The molecular formula is C18H21FN2O. The van der Waals surface area contributed by atoms with Gasteiger partial charge in [-0.25, -0.2) is 4.39 Å². The minimum absolute atomic E-state index is 0.0572. The van der Waals surface area contributed by atoms with Gasteiger partial charge >= 0.3 is 0 Å². The third-order valence-electron chi connectivity index (χ3n) is 3.61. The zero-order valence-corrected chi connectivity index (χ0v) is 12.9. The average molecular weight is 300 g/mol. The Balaban J connectivity index is 1.95. The number of carbonyl (C=O) groups is 1. The van der Waals surface area contributed by atoms with Crippen LogP contribution in [-0.4, -0.2) is 31.4 Å². The van der Waals surface area contributed by atoms with Crippen molar-refractivity contribution in [2.24, 2.45) is 0 Å². The first kappa shape index (κ1) is 16.2. The lowest BCUT2D eigenvalue weighted by Crippen LogP contribution is -2.35. The molecule has 0 saturated heterocycles. The molecule has 0 aromatic heterocycles. The Hall–Kier alpha value is -2.20. The van der Waals surface area contributed by atoms with Crippen LogP contribution in [0, 0.1) is 5.82 Å². The molecule has 0 aliphatic carbocycles. The van der Waals surface area contributed by atoms with Crippen molar-refractivity contribution >= 4 is 5.91 Å². The van der Waals surface area contributed by atoms with E-state index in [9.17, 15) is 9.18 Å². The number of hydrogen-bond acceptors (Lipinski definition) is 2. The fourth-order valence-electron chi connectivity index (χ4n) is 2.36. The van der Waals surface area contributed by atoms with Gasteiger partial charge in [0.05, 0.1) is 12.5 Å². The molecule has 2 aromatic carbocycles. The summed E-state index contributed by atoms with van der Waals surface area (Å²) in [6.45, 7) is 0.490. The number of hydrogen-bond donors (Lipinski definition) is 1. The molecule has 3 nitrogen and oxygen atoms in total. The van der Waals surface area contributed by atoms with E-state index in [1.807, 2.05) is 44.4 Å². The van der Waals surface area contributed by atoms with Crippen molar-refractivity contribution in [3.8, 4) is 0 Å². The van der Waals surface area contributed by atoms with E-state index in [1.165, 1.54) is 6.07 Å². The van der Waals surface area contributed by atoms with Gasteiger partial charge in [0.1, 0.15) is 5.82 Å². The van der Waals surface area contributed by atoms with Crippen LogP contribution in [0.3, 0.4) is 0 Å². The lowest BCUT2D eigenvalue weighted by Gasteiger charge is -2.25. The Labute approximate surface area is 130 Å². The molecule has 1 atom stereocenters. The monoisotopic (exact) mass is 300 g/mol. The molecule has 0 aliphatic rings. The van der Waals surface area contributed by atoms with E-state index in [2.05, 4.69) is 10.2 Å². The standard InChI is InChI=1S/C18H21FN2O/c1-21(2)17(14-8-4-3-5-9-14)13-20-18(22)12-15-10-6-7-11-16(15)19/h3-11,17H,12-13H2,1-2H3,(H,20,22)/t17-/m0/s1. The van der Waals surface area contributed by atoms with E-state index in [0.29, 0.717) is 12.1 Å². The van der Waals surface area contributed by atoms with Gasteiger partial charge < -0.3 is 10.2 Å². The molecule has 116 valence electrons. The van der Waals surface area contributed by atoms with Gasteiger partial charge in [-0.05, 0) is 31.3 Å². The molecule has 0 fully saturated rings. The van der Waals surface area contributed by atoms with Crippen molar-refractivity contribution in [1.82, 2.24) is 10.2 Å². The summed E-state index contributed by atoms with van der Waals surface area (Å²) in [5.41, 5.74) is 1.56. The highest BCUT2D eigenvalue weighted by Crippen LogP contribution is 2.16. The predicted octanol–water partition coefficient (Wildman–Crippen LogP) is 2.79. The highest BCUT2D eigenvalue weighted by molar-refractivity contribution is 5.78. The topological polar surface area (TPSA) is 32.3 Å². The van der Waals surface area contributed by atoms with Crippen LogP contribution < -0.4 is 5.32 Å². The van der Waals surface area contributed by atoms with Gasteiger partial charge in [-0.15, -0.1) is 0 Å². The summed E-state index contributed by atoms with van der Waals surface area (Å²) < 4.78 is 13.6. The van der Waals surface area contributed by atoms with Crippen molar-refractivity contribution in [3.05, 3.63) is 71.5 Å². The summed E-state index contributed by atoms with van der Waals surface area (Å²) in [6, 6.07) is 16.4. The minimum Gasteiger partial charge on any atom is -0.354 e. The minimum atomic E-state index is -0.343. The van der Waals surface area contributed by atoms with Crippen molar-refractivity contribution in [1.29, 1.82) is 0 Å². The second kappa shape index (κ2) is 7.71. The summed E-state index contributed by atoms with van der Waals surface area (Å²) in [4.78, 5) is 14.1. The van der Waals surface area contributed by atoms with Crippen LogP contribution in [0.4, 0.5) is 4.39 Å². The van der Waals surface area contributed by atoms with Crippen LogP contribution in [0.15, 0.2) is 54.6 Å². The maximum atomic E-state index is 13.6. The number of nitrogens with zero attached hydrogens (tertiary/aromatic N) is 1. The van der Waals surface area contributed by atoms with E-state index in [1.54, 1.807) is 18.2 Å². The molecule has 1 amide bonds. The zero-order valence-electron chi connectivity index (χ0n) is 12.9. The summed E-state index contributed by atoms with van der Waals surface area (Å²) in [5, 5.41) is 2.89. The van der Waals surface area contributed by atoms with Crippen LogP contribution in [0.1, 0.15) is 17.2 Å². The van der Waals surface area contributed by atoms with Gasteiger partial charge in [-0.2, -0.15) is 0 Å². The van der Waals surface area contributed by atoms with E-state index in [4.69, 9.17) is 0 Å². The molecule has 0 radical (unpaired) electrons. The van der Waals surface area contributed by atoms with Crippen LogP contribution >= 0.6 is 0 Å². The molecule has 0 heterocycles. The van der Waals surface area contributed by atoms with Crippen LogP contribution in [0.2, 0.25) is 0 Å². The molecule has 4 heteroatoms. The summed E-state index contributed by atoms with van der Waals surface area (Å²) in [5.74, 6) is -0.516. The number of rotatable bonds is 6. The number of nitrogens with one attached hydrogen (secondary N) is 1. The molecular weight excluding hydrogens is 279 g/mol. The molecule has 2 rings (SSSR count). The summed E-state index contributed by atoms with van der Waals surface area (Å²) in [7, 11) is 3.95. The zero-order chi connectivity index (χ0) is 15.9. The number of amides is 1. The number of likely N-dealkylation sites (N-methyl/N-ethyl adjacent to an activating group) is 1. The Morgan fingerprint density at radius 3 is 2.36 bits per heavy atom. The highest BCUT2D eigenvalue weighted by atomic mass is 19.1. The van der Waals surface area contributed by atoms with E-state index in [0.717, 1.165) is 5.56 Å². The SMILES string of the molecule is CN(C)[C@@H](CNC(=O)Cc1ccccc1F)c1ccccc1. The fourth-order valence-corrected chi connectivity index (χ4v) is 2.36. The third-order valence-corrected chi connectivity index (χ3v) is 3.61. The molecule has 0 bridgehead atoms. The molecule has 0 spiro atoms. The van der Waals surface area contributed by atoms with Gasteiger partial charge in [-0.3, -0.25) is 4.79 Å². The third kappa shape index (κ3) is 4.40. The lowest BCUT2D eigenvalue weighted by atomic mass is 10.1. The lowest BCUT2D eigenvalue weighted by molar-refractivity contribution is -0.120. The Morgan fingerprint density at radius 2 is 1.73 bits per heavy atom. The second-order valence-electron chi connectivity index (χ2n) is 5.46.